The Labute approximate surface area is 117 Å². The van der Waals surface area contributed by atoms with Crippen molar-refractivity contribution < 1.29 is 0 Å². The minimum atomic E-state index is 0.690. The van der Waals surface area contributed by atoms with Crippen LogP contribution in [-0.4, -0.2) is 6.54 Å². The number of nitrogens with two attached hydrogens (primary N) is 1. The predicted octanol–water partition coefficient (Wildman–Crippen LogP) is 4.34. The maximum Gasteiger partial charge on any atom is -0.00714 e. The number of fused-ring (bicyclic) bond motifs is 1. The van der Waals surface area contributed by atoms with Crippen LogP contribution in [0.1, 0.15) is 56.4 Å². The summed E-state index contributed by atoms with van der Waals surface area (Å²) < 4.78 is 0. The van der Waals surface area contributed by atoms with Crippen LogP contribution in [0.15, 0.2) is 30.3 Å². The summed E-state index contributed by atoms with van der Waals surface area (Å²) in [6.07, 6.45) is 10.00. The predicted molar refractivity (Wildman–Crippen MR) is 81.0 cm³/mol. The molecule has 3 rings (SSSR count). The lowest BCUT2D eigenvalue weighted by molar-refractivity contribution is 0.310. The summed E-state index contributed by atoms with van der Waals surface area (Å²) in [5, 5.41) is 0. The summed E-state index contributed by atoms with van der Waals surface area (Å²) in [6.45, 7) is 0.820. The molecule has 1 nitrogen and oxygen atoms in total. The zero-order chi connectivity index (χ0) is 13.1. The van der Waals surface area contributed by atoms with E-state index in [1.165, 1.54) is 44.1 Å². The Morgan fingerprint density at radius 3 is 2.68 bits per heavy atom. The lowest BCUT2D eigenvalue weighted by Crippen LogP contribution is -2.16. The van der Waals surface area contributed by atoms with Gasteiger partial charge in [0.05, 0.1) is 0 Å². The van der Waals surface area contributed by atoms with E-state index in [1.807, 2.05) is 0 Å². The lowest BCUT2D eigenvalue weighted by atomic mass is 9.81. The van der Waals surface area contributed by atoms with Gasteiger partial charge < -0.3 is 5.73 Å². The largest absolute Gasteiger partial charge is 0.330 e. The number of hydrogen-bond donors (Lipinski definition) is 1. The normalized spacial score (nSPS) is 31.3. The van der Waals surface area contributed by atoms with Gasteiger partial charge in [0.2, 0.25) is 0 Å². The zero-order valence-corrected chi connectivity index (χ0v) is 11.9. The molecule has 1 aromatic carbocycles. The molecule has 0 aliphatic heterocycles. The Kier molecular flexibility index (Phi) is 4.22. The van der Waals surface area contributed by atoms with Crippen molar-refractivity contribution in [3.63, 3.8) is 0 Å². The second kappa shape index (κ2) is 6.09. The third kappa shape index (κ3) is 2.86. The van der Waals surface area contributed by atoms with Crippen LogP contribution in [0.25, 0.3) is 0 Å². The molecule has 0 saturated heterocycles. The third-order valence-electron chi connectivity index (χ3n) is 5.60. The quantitative estimate of drug-likeness (QED) is 0.834. The second-order valence-electron chi connectivity index (χ2n) is 6.61. The average molecular weight is 257 g/mol. The van der Waals surface area contributed by atoms with Gasteiger partial charge in [0.15, 0.2) is 0 Å². The minimum Gasteiger partial charge on any atom is -0.330 e. The topological polar surface area (TPSA) is 26.0 Å². The van der Waals surface area contributed by atoms with E-state index >= 15 is 0 Å². The van der Waals surface area contributed by atoms with E-state index in [-0.39, 0.29) is 0 Å². The molecule has 2 aliphatic carbocycles. The van der Waals surface area contributed by atoms with Crippen molar-refractivity contribution in [1.82, 2.24) is 0 Å². The van der Waals surface area contributed by atoms with E-state index in [4.69, 9.17) is 5.73 Å². The molecule has 1 heteroatoms. The molecular formula is C18H27N. The highest BCUT2D eigenvalue weighted by Gasteiger charge is 2.39. The Morgan fingerprint density at radius 1 is 1.05 bits per heavy atom. The van der Waals surface area contributed by atoms with Crippen LogP contribution in [0.4, 0.5) is 0 Å². The monoisotopic (exact) mass is 257 g/mol. The lowest BCUT2D eigenvalue weighted by Gasteiger charge is -2.25. The van der Waals surface area contributed by atoms with Gasteiger partial charge in [-0.2, -0.15) is 0 Å². The Hall–Kier alpha value is -0.820. The van der Waals surface area contributed by atoms with Gasteiger partial charge in [-0.05, 0) is 67.9 Å². The van der Waals surface area contributed by atoms with Gasteiger partial charge >= 0.3 is 0 Å². The van der Waals surface area contributed by atoms with Crippen LogP contribution in [0.5, 0.6) is 0 Å². The molecule has 0 spiro atoms. The molecule has 0 heterocycles. The van der Waals surface area contributed by atoms with Gasteiger partial charge in [-0.15, -0.1) is 0 Å². The average Bonchev–Trinajstić information content (AvgIpc) is 3.04. The van der Waals surface area contributed by atoms with Crippen LogP contribution in [0.3, 0.4) is 0 Å². The van der Waals surface area contributed by atoms with Crippen LogP contribution in [-0.2, 0) is 0 Å². The molecule has 0 aromatic heterocycles. The van der Waals surface area contributed by atoms with E-state index in [2.05, 4.69) is 30.3 Å². The van der Waals surface area contributed by atoms with E-state index in [0.29, 0.717) is 5.92 Å². The summed E-state index contributed by atoms with van der Waals surface area (Å²) in [5.74, 6) is 3.78. The maximum atomic E-state index is 5.85. The van der Waals surface area contributed by atoms with Gasteiger partial charge in [-0.25, -0.2) is 0 Å². The highest BCUT2D eigenvalue weighted by molar-refractivity contribution is 5.19. The first-order valence-electron chi connectivity index (χ1n) is 8.13. The SMILES string of the molecule is NCCC(CC1CCC2CCCC21)c1ccccc1. The maximum absolute atomic E-state index is 5.85. The van der Waals surface area contributed by atoms with Crippen molar-refractivity contribution in [3.8, 4) is 0 Å². The molecule has 19 heavy (non-hydrogen) atoms. The summed E-state index contributed by atoms with van der Waals surface area (Å²) in [6, 6.07) is 11.0. The molecule has 0 amide bonds. The number of benzene rings is 1. The van der Waals surface area contributed by atoms with Crippen LogP contribution in [0, 0.1) is 17.8 Å². The molecule has 0 radical (unpaired) electrons. The summed E-state index contributed by atoms with van der Waals surface area (Å²) >= 11 is 0. The van der Waals surface area contributed by atoms with Gasteiger partial charge in [-0.1, -0.05) is 43.2 Å². The first-order chi connectivity index (χ1) is 9.38. The van der Waals surface area contributed by atoms with E-state index in [9.17, 15) is 0 Å². The van der Waals surface area contributed by atoms with Crippen molar-refractivity contribution in [2.24, 2.45) is 23.5 Å². The van der Waals surface area contributed by atoms with E-state index in [0.717, 1.165) is 30.7 Å². The number of hydrogen-bond acceptors (Lipinski definition) is 1. The summed E-state index contributed by atoms with van der Waals surface area (Å²) in [5.41, 5.74) is 7.36. The Morgan fingerprint density at radius 2 is 1.89 bits per heavy atom. The molecule has 4 unspecified atom stereocenters. The number of rotatable bonds is 5. The zero-order valence-electron chi connectivity index (χ0n) is 11.9. The molecule has 0 bridgehead atoms. The highest BCUT2D eigenvalue weighted by Crippen LogP contribution is 2.50. The van der Waals surface area contributed by atoms with Crippen molar-refractivity contribution in [3.05, 3.63) is 35.9 Å². The van der Waals surface area contributed by atoms with Crippen LogP contribution >= 0.6 is 0 Å². The van der Waals surface area contributed by atoms with Crippen molar-refractivity contribution in [2.75, 3.05) is 6.54 Å². The minimum absolute atomic E-state index is 0.690. The van der Waals surface area contributed by atoms with Gasteiger partial charge in [0.25, 0.3) is 0 Å². The van der Waals surface area contributed by atoms with E-state index < -0.39 is 0 Å². The van der Waals surface area contributed by atoms with Gasteiger partial charge in [0.1, 0.15) is 0 Å². The fourth-order valence-electron chi connectivity index (χ4n) is 4.69. The first kappa shape index (κ1) is 13.2. The fraction of sp³-hybridized carbons (Fsp3) is 0.667. The van der Waals surface area contributed by atoms with Crippen LogP contribution in [0.2, 0.25) is 0 Å². The molecule has 4 atom stereocenters. The van der Waals surface area contributed by atoms with Gasteiger partial charge in [-0.3, -0.25) is 0 Å². The molecule has 104 valence electrons. The Bertz CT molecular complexity index is 386. The second-order valence-corrected chi connectivity index (χ2v) is 6.61. The third-order valence-corrected chi connectivity index (χ3v) is 5.60. The molecule has 2 aliphatic rings. The molecule has 1 aromatic rings. The molecular weight excluding hydrogens is 230 g/mol. The summed E-state index contributed by atoms with van der Waals surface area (Å²) in [7, 11) is 0. The van der Waals surface area contributed by atoms with Crippen molar-refractivity contribution in [1.29, 1.82) is 0 Å². The highest BCUT2D eigenvalue weighted by atomic mass is 14.5. The molecule has 2 fully saturated rings. The van der Waals surface area contributed by atoms with Crippen LogP contribution < -0.4 is 5.73 Å². The Balaban J connectivity index is 1.68. The molecule has 2 N–H and O–H groups in total. The summed E-state index contributed by atoms with van der Waals surface area (Å²) in [4.78, 5) is 0. The first-order valence-corrected chi connectivity index (χ1v) is 8.13. The van der Waals surface area contributed by atoms with Gasteiger partial charge in [0, 0.05) is 0 Å². The standard InChI is InChI=1S/C18H27N/c19-12-11-16(14-5-2-1-3-6-14)13-17-10-9-15-7-4-8-18(15)17/h1-3,5-6,15-18H,4,7-13,19H2. The smallest absolute Gasteiger partial charge is 0.00714 e. The van der Waals surface area contributed by atoms with Crippen molar-refractivity contribution >= 4 is 0 Å². The van der Waals surface area contributed by atoms with E-state index in [1.54, 1.807) is 0 Å². The molecule has 2 saturated carbocycles. The van der Waals surface area contributed by atoms with Crippen molar-refractivity contribution in [2.45, 2.75) is 50.9 Å². The fourth-order valence-corrected chi connectivity index (χ4v) is 4.69.